The standard InChI is InChI=1S/C24H24F3N3O4/c1-5-34-21(32)12-20(31)29-28-15(4)22-18-7-6-16(24(25,26)27)11-19(18)30(23(22)33)17-9-13(2)8-14(3)10-17/h6-11,33H,5,12H2,1-4H3,(H,29,31). The summed E-state index contributed by atoms with van der Waals surface area (Å²) in [7, 11) is 0. The molecule has 1 heterocycles. The van der Waals surface area contributed by atoms with Gasteiger partial charge in [-0.25, -0.2) is 5.43 Å². The summed E-state index contributed by atoms with van der Waals surface area (Å²) in [6.45, 7) is 6.90. The highest BCUT2D eigenvalue weighted by Gasteiger charge is 2.32. The molecule has 0 atom stereocenters. The number of nitrogens with one attached hydrogen (secondary N) is 1. The predicted molar refractivity (Wildman–Crippen MR) is 121 cm³/mol. The Morgan fingerprint density at radius 2 is 1.76 bits per heavy atom. The van der Waals surface area contributed by atoms with E-state index in [-0.39, 0.29) is 29.3 Å². The molecule has 3 rings (SSSR count). The number of halogens is 3. The van der Waals surface area contributed by atoms with Crippen LogP contribution < -0.4 is 5.43 Å². The first kappa shape index (κ1) is 24.8. The number of carbonyl (C=O) groups is 2. The fraction of sp³-hybridized carbons (Fsp3) is 0.292. The minimum absolute atomic E-state index is 0.125. The first-order valence-electron chi connectivity index (χ1n) is 10.4. The van der Waals surface area contributed by atoms with Crippen LogP contribution in [0.3, 0.4) is 0 Å². The summed E-state index contributed by atoms with van der Waals surface area (Å²) in [6.07, 6.45) is -5.12. The fourth-order valence-electron chi connectivity index (χ4n) is 3.73. The largest absolute Gasteiger partial charge is 0.494 e. The molecule has 3 aromatic rings. The molecule has 2 aromatic carbocycles. The highest BCUT2D eigenvalue weighted by atomic mass is 19.4. The van der Waals surface area contributed by atoms with E-state index in [0.29, 0.717) is 11.1 Å². The number of nitrogens with zero attached hydrogens (tertiary/aromatic N) is 2. The lowest BCUT2D eigenvalue weighted by atomic mass is 10.1. The summed E-state index contributed by atoms with van der Waals surface area (Å²) >= 11 is 0. The molecule has 0 aliphatic heterocycles. The molecule has 1 amide bonds. The molecule has 7 nitrogen and oxygen atoms in total. The minimum atomic E-state index is -4.58. The number of rotatable bonds is 6. The van der Waals surface area contributed by atoms with Crippen LogP contribution in [-0.2, 0) is 20.5 Å². The minimum Gasteiger partial charge on any atom is -0.494 e. The molecule has 10 heteroatoms. The van der Waals surface area contributed by atoms with Crippen LogP contribution in [0.2, 0.25) is 0 Å². The summed E-state index contributed by atoms with van der Waals surface area (Å²) in [5.74, 6) is -1.78. The zero-order chi connectivity index (χ0) is 25.2. The monoisotopic (exact) mass is 475 g/mol. The van der Waals surface area contributed by atoms with Crippen LogP contribution in [0.1, 0.15) is 42.5 Å². The molecule has 34 heavy (non-hydrogen) atoms. The van der Waals surface area contributed by atoms with Crippen molar-refractivity contribution in [3.05, 3.63) is 58.7 Å². The normalized spacial score (nSPS) is 12.1. The Morgan fingerprint density at radius 3 is 2.35 bits per heavy atom. The Kier molecular flexibility index (Phi) is 6.99. The number of esters is 1. The van der Waals surface area contributed by atoms with Crippen molar-refractivity contribution in [3.63, 3.8) is 0 Å². The topological polar surface area (TPSA) is 92.9 Å². The van der Waals surface area contributed by atoms with Crippen LogP contribution in [0.4, 0.5) is 13.2 Å². The SMILES string of the molecule is CCOC(=O)CC(=O)NN=C(C)c1c(O)n(-c2cc(C)cc(C)c2)c2cc(C(F)(F)F)ccc12. The van der Waals surface area contributed by atoms with Crippen molar-refractivity contribution in [2.24, 2.45) is 5.10 Å². The summed E-state index contributed by atoms with van der Waals surface area (Å²) in [4.78, 5) is 23.4. The Balaban J connectivity index is 2.14. The number of aromatic hydroxyl groups is 1. The number of hydrogen-bond acceptors (Lipinski definition) is 5. The second-order valence-electron chi connectivity index (χ2n) is 7.82. The number of amides is 1. The van der Waals surface area contributed by atoms with Crippen molar-refractivity contribution in [3.8, 4) is 11.6 Å². The Morgan fingerprint density at radius 1 is 1.12 bits per heavy atom. The second-order valence-corrected chi connectivity index (χ2v) is 7.82. The molecule has 2 N–H and O–H groups in total. The first-order valence-corrected chi connectivity index (χ1v) is 10.4. The molecule has 0 unspecified atom stereocenters. The van der Waals surface area contributed by atoms with Gasteiger partial charge in [-0.3, -0.25) is 14.2 Å². The van der Waals surface area contributed by atoms with Crippen molar-refractivity contribution in [1.29, 1.82) is 0 Å². The van der Waals surface area contributed by atoms with Gasteiger partial charge in [0, 0.05) is 11.1 Å². The lowest BCUT2D eigenvalue weighted by Crippen LogP contribution is -2.23. The van der Waals surface area contributed by atoms with E-state index in [1.807, 2.05) is 19.9 Å². The second kappa shape index (κ2) is 9.58. The Labute approximate surface area is 193 Å². The maximum Gasteiger partial charge on any atom is 0.416 e. The number of hydrazone groups is 1. The van der Waals surface area contributed by atoms with Crippen LogP contribution in [0.25, 0.3) is 16.6 Å². The van der Waals surface area contributed by atoms with Crippen LogP contribution in [0.5, 0.6) is 5.88 Å². The number of carbonyl (C=O) groups excluding carboxylic acids is 2. The third-order valence-corrected chi connectivity index (χ3v) is 5.06. The van der Waals surface area contributed by atoms with Gasteiger partial charge in [0.05, 0.1) is 29.0 Å². The smallest absolute Gasteiger partial charge is 0.416 e. The predicted octanol–water partition coefficient (Wildman–Crippen LogP) is 4.77. The Hall–Kier alpha value is -3.82. The van der Waals surface area contributed by atoms with Gasteiger partial charge in [-0.05, 0) is 63.1 Å². The molecule has 0 radical (unpaired) electrons. The summed E-state index contributed by atoms with van der Waals surface area (Å²) in [6, 6.07) is 8.52. The number of aromatic nitrogens is 1. The highest BCUT2D eigenvalue weighted by molar-refractivity contribution is 6.13. The van der Waals surface area contributed by atoms with Gasteiger partial charge in [0.25, 0.3) is 5.91 Å². The average Bonchev–Trinajstić information content (AvgIpc) is 3.01. The van der Waals surface area contributed by atoms with E-state index in [1.54, 1.807) is 19.1 Å². The van der Waals surface area contributed by atoms with Crippen LogP contribution in [0, 0.1) is 13.8 Å². The molecule has 180 valence electrons. The number of aryl methyl sites for hydroxylation is 2. The van der Waals surface area contributed by atoms with Crippen LogP contribution in [0.15, 0.2) is 41.5 Å². The van der Waals surface area contributed by atoms with Crippen molar-refractivity contribution < 1.29 is 32.6 Å². The van der Waals surface area contributed by atoms with Gasteiger partial charge < -0.3 is 9.84 Å². The van der Waals surface area contributed by atoms with E-state index in [0.717, 1.165) is 23.3 Å². The van der Waals surface area contributed by atoms with Gasteiger partial charge in [0.1, 0.15) is 6.42 Å². The summed E-state index contributed by atoms with van der Waals surface area (Å²) < 4.78 is 46.3. The highest BCUT2D eigenvalue weighted by Crippen LogP contribution is 2.39. The summed E-state index contributed by atoms with van der Waals surface area (Å²) in [5.41, 5.74) is 3.96. The van der Waals surface area contributed by atoms with Gasteiger partial charge in [0.15, 0.2) is 0 Å². The lowest BCUT2D eigenvalue weighted by molar-refractivity contribution is -0.146. The maximum absolute atomic E-state index is 13.4. The zero-order valence-electron chi connectivity index (χ0n) is 19.1. The molecule has 0 saturated heterocycles. The molecule has 0 saturated carbocycles. The van der Waals surface area contributed by atoms with Gasteiger partial charge >= 0.3 is 12.1 Å². The quantitative estimate of drug-likeness (QED) is 0.233. The number of benzene rings is 2. The van der Waals surface area contributed by atoms with Crippen molar-refractivity contribution >= 4 is 28.5 Å². The molecule has 1 aromatic heterocycles. The average molecular weight is 475 g/mol. The summed E-state index contributed by atoms with van der Waals surface area (Å²) in [5, 5.41) is 15.4. The third-order valence-electron chi connectivity index (χ3n) is 5.06. The number of alkyl halides is 3. The van der Waals surface area contributed by atoms with Gasteiger partial charge in [0.2, 0.25) is 5.88 Å². The zero-order valence-corrected chi connectivity index (χ0v) is 19.1. The molecular weight excluding hydrogens is 451 g/mol. The van der Waals surface area contributed by atoms with Gasteiger partial charge in [-0.15, -0.1) is 0 Å². The fourth-order valence-corrected chi connectivity index (χ4v) is 3.73. The van der Waals surface area contributed by atoms with Crippen molar-refractivity contribution in [1.82, 2.24) is 9.99 Å². The van der Waals surface area contributed by atoms with E-state index in [2.05, 4.69) is 10.5 Å². The molecule has 0 aliphatic carbocycles. The van der Waals surface area contributed by atoms with Crippen LogP contribution >= 0.6 is 0 Å². The molecule has 0 bridgehead atoms. The number of hydrogen-bond donors (Lipinski definition) is 2. The molecule has 0 fully saturated rings. The van der Waals surface area contributed by atoms with Gasteiger partial charge in [-0.2, -0.15) is 18.3 Å². The van der Waals surface area contributed by atoms with E-state index in [1.165, 1.54) is 17.6 Å². The van der Waals surface area contributed by atoms with E-state index < -0.39 is 30.0 Å². The maximum atomic E-state index is 13.4. The van der Waals surface area contributed by atoms with Crippen LogP contribution in [-0.4, -0.2) is 33.9 Å². The Bertz CT molecular complexity index is 1270. The first-order chi connectivity index (χ1) is 15.9. The molecule has 0 aliphatic rings. The van der Waals surface area contributed by atoms with E-state index in [4.69, 9.17) is 4.74 Å². The third kappa shape index (κ3) is 5.22. The number of fused-ring (bicyclic) bond motifs is 1. The molecular formula is C24H24F3N3O4. The van der Waals surface area contributed by atoms with E-state index in [9.17, 15) is 27.9 Å². The van der Waals surface area contributed by atoms with Crippen molar-refractivity contribution in [2.75, 3.05) is 6.61 Å². The van der Waals surface area contributed by atoms with Crippen molar-refractivity contribution in [2.45, 2.75) is 40.3 Å². The van der Waals surface area contributed by atoms with Gasteiger partial charge in [-0.1, -0.05) is 12.1 Å². The molecule has 0 spiro atoms. The lowest BCUT2D eigenvalue weighted by Gasteiger charge is -2.11. The number of ether oxygens (including phenoxy) is 1. The van der Waals surface area contributed by atoms with E-state index >= 15 is 0 Å².